The van der Waals surface area contributed by atoms with Gasteiger partial charge in [0.1, 0.15) is 0 Å². The minimum Gasteiger partial charge on any atom is -0.493 e. The molecule has 5 heteroatoms. The molecule has 0 amide bonds. The Balaban J connectivity index is 1.31. The number of morpholine rings is 1. The molecule has 1 aromatic rings. The lowest BCUT2D eigenvalue weighted by Gasteiger charge is -2.37. The third-order valence-corrected chi connectivity index (χ3v) is 6.56. The molecule has 5 nitrogen and oxygen atoms in total. The third-order valence-electron chi connectivity index (χ3n) is 6.56. The van der Waals surface area contributed by atoms with E-state index in [4.69, 9.17) is 14.2 Å². The molecule has 1 unspecified atom stereocenters. The highest BCUT2D eigenvalue weighted by Crippen LogP contribution is 2.48. The quantitative estimate of drug-likeness (QED) is 0.670. The maximum atomic E-state index is 6.21. The van der Waals surface area contributed by atoms with Crippen LogP contribution < -0.4 is 14.4 Å². The second-order valence-corrected chi connectivity index (χ2v) is 8.48. The van der Waals surface area contributed by atoms with E-state index in [0.717, 1.165) is 57.4 Å². The summed E-state index contributed by atoms with van der Waals surface area (Å²) in [6.07, 6.45) is 9.94. The fourth-order valence-corrected chi connectivity index (χ4v) is 4.98. The number of nitrogens with zero attached hydrogens (tertiary/aromatic N) is 2. The zero-order valence-corrected chi connectivity index (χ0v) is 17.0. The maximum absolute atomic E-state index is 6.21. The van der Waals surface area contributed by atoms with Crippen molar-refractivity contribution in [1.82, 2.24) is 4.90 Å². The van der Waals surface area contributed by atoms with E-state index in [0.29, 0.717) is 12.1 Å². The molecule has 2 saturated carbocycles. The summed E-state index contributed by atoms with van der Waals surface area (Å²) in [5.41, 5.74) is 4.26. The predicted molar refractivity (Wildman–Crippen MR) is 111 cm³/mol. The molecule has 0 N–H and O–H groups in total. The Morgan fingerprint density at radius 2 is 1.96 bits per heavy atom. The fraction of sp³-hybridized carbons (Fsp3) is 0.652. The number of methoxy groups -OCH3 is 1. The Hall–Kier alpha value is -1.72. The molecule has 0 aromatic heterocycles. The Morgan fingerprint density at radius 3 is 2.75 bits per heavy atom. The number of fused-ring (bicyclic) bond motifs is 2. The minimum absolute atomic E-state index is 0.613. The van der Waals surface area contributed by atoms with Crippen LogP contribution in [0.4, 0.5) is 5.69 Å². The van der Waals surface area contributed by atoms with E-state index >= 15 is 0 Å². The molecule has 0 bridgehead atoms. The van der Waals surface area contributed by atoms with Crippen molar-refractivity contribution >= 4 is 11.8 Å². The summed E-state index contributed by atoms with van der Waals surface area (Å²) in [6, 6.07) is 5.76. The van der Waals surface area contributed by atoms with Gasteiger partial charge in [0.05, 0.1) is 33.0 Å². The molecule has 1 atom stereocenters. The molecule has 2 aliphatic heterocycles. The van der Waals surface area contributed by atoms with E-state index in [1.807, 2.05) is 0 Å². The van der Waals surface area contributed by atoms with E-state index in [1.54, 1.807) is 12.7 Å². The molecule has 3 fully saturated rings. The summed E-state index contributed by atoms with van der Waals surface area (Å²) in [7, 11) is 1.75. The molecular weight excluding hydrogens is 352 g/mol. The van der Waals surface area contributed by atoms with Gasteiger partial charge >= 0.3 is 0 Å². The van der Waals surface area contributed by atoms with Gasteiger partial charge in [-0.2, -0.15) is 0 Å². The first-order chi connectivity index (χ1) is 13.8. The minimum atomic E-state index is 0.613. The molecule has 4 aliphatic rings. The lowest BCUT2D eigenvalue weighted by molar-refractivity contribution is 0.0357. The zero-order chi connectivity index (χ0) is 18.9. The molecule has 1 aromatic carbocycles. The normalized spacial score (nSPS) is 24.5. The molecule has 0 radical (unpaired) electrons. The first kappa shape index (κ1) is 18.3. The van der Waals surface area contributed by atoms with Crippen LogP contribution in [0.25, 0.3) is 6.08 Å². The van der Waals surface area contributed by atoms with Crippen LogP contribution >= 0.6 is 0 Å². The van der Waals surface area contributed by atoms with Gasteiger partial charge in [-0.15, -0.1) is 0 Å². The first-order valence-corrected chi connectivity index (χ1v) is 11.0. The molecule has 2 heterocycles. The van der Waals surface area contributed by atoms with Crippen LogP contribution in [0.15, 0.2) is 17.7 Å². The summed E-state index contributed by atoms with van der Waals surface area (Å²) in [5, 5.41) is 0. The van der Waals surface area contributed by atoms with Crippen LogP contribution in [0, 0.1) is 0 Å². The van der Waals surface area contributed by atoms with E-state index < -0.39 is 0 Å². The topological polar surface area (TPSA) is 34.2 Å². The lowest BCUT2D eigenvalue weighted by atomic mass is 9.96. The van der Waals surface area contributed by atoms with Gasteiger partial charge in [-0.05, 0) is 50.2 Å². The Labute approximate surface area is 168 Å². The van der Waals surface area contributed by atoms with Crippen molar-refractivity contribution < 1.29 is 14.2 Å². The van der Waals surface area contributed by atoms with Gasteiger partial charge in [0.25, 0.3) is 0 Å². The van der Waals surface area contributed by atoms with Crippen LogP contribution in [0.1, 0.15) is 44.1 Å². The number of hydrogen-bond donors (Lipinski definition) is 0. The van der Waals surface area contributed by atoms with Gasteiger partial charge in [0, 0.05) is 43.0 Å². The average Bonchev–Trinajstić information content (AvgIpc) is 3.46. The van der Waals surface area contributed by atoms with Crippen molar-refractivity contribution in [2.45, 2.75) is 50.6 Å². The molecule has 152 valence electrons. The standard InChI is InChI=1S/C23H32N2O3/c1-26-22-15-18-14-17-4-2-5-20(17)25(19-6-7-19)21(18)16-23(22)28-11-3-8-24-9-12-27-13-10-24/h14-16,19-20H,2-13H2,1H3. The molecule has 2 aliphatic carbocycles. The third kappa shape index (κ3) is 3.62. The smallest absolute Gasteiger partial charge is 0.163 e. The van der Waals surface area contributed by atoms with Crippen molar-refractivity contribution in [2.75, 3.05) is 51.5 Å². The molecule has 1 saturated heterocycles. The summed E-state index contributed by atoms with van der Waals surface area (Å²) >= 11 is 0. The summed E-state index contributed by atoms with van der Waals surface area (Å²) in [4.78, 5) is 5.15. The average molecular weight is 385 g/mol. The van der Waals surface area contributed by atoms with E-state index in [-0.39, 0.29) is 0 Å². The zero-order valence-electron chi connectivity index (χ0n) is 17.0. The molecule has 28 heavy (non-hydrogen) atoms. The van der Waals surface area contributed by atoms with Gasteiger partial charge in [-0.1, -0.05) is 6.08 Å². The summed E-state index contributed by atoms with van der Waals surface area (Å²) in [6.45, 7) is 5.57. The largest absolute Gasteiger partial charge is 0.493 e. The number of hydrogen-bond acceptors (Lipinski definition) is 5. The SMILES string of the molecule is COc1cc2c(cc1OCCCN1CCOCC1)N(C1CC1)C1CCCC1=C2. The predicted octanol–water partition coefficient (Wildman–Crippen LogP) is 3.71. The van der Waals surface area contributed by atoms with Gasteiger partial charge < -0.3 is 19.1 Å². The van der Waals surface area contributed by atoms with Crippen LogP contribution in [0.2, 0.25) is 0 Å². The van der Waals surface area contributed by atoms with Crippen molar-refractivity contribution in [3.8, 4) is 11.5 Å². The molecule has 0 spiro atoms. The highest BCUT2D eigenvalue weighted by Gasteiger charge is 2.40. The number of ether oxygens (including phenoxy) is 3. The van der Waals surface area contributed by atoms with E-state index in [9.17, 15) is 0 Å². The Bertz CT molecular complexity index is 738. The molecule has 5 rings (SSSR count). The second kappa shape index (κ2) is 7.96. The maximum Gasteiger partial charge on any atom is 0.163 e. The lowest BCUT2D eigenvalue weighted by Crippen LogP contribution is -2.38. The first-order valence-electron chi connectivity index (χ1n) is 11.0. The highest BCUT2D eigenvalue weighted by atomic mass is 16.5. The number of anilines is 1. The highest BCUT2D eigenvalue weighted by molar-refractivity contribution is 5.79. The monoisotopic (exact) mass is 384 g/mol. The van der Waals surface area contributed by atoms with Crippen LogP contribution in [0.5, 0.6) is 11.5 Å². The van der Waals surface area contributed by atoms with Gasteiger partial charge in [-0.3, -0.25) is 4.90 Å². The molecular formula is C23H32N2O3. The number of benzene rings is 1. The Kier molecular flexibility index (Phi) is 5.20. The second-order valence-electron chi connectivity index (χ2n) is 8.48. The van der Waals surface area contributed by atoms with Crippen LogP contribution in [-0.4, -0.2) is 63.5 Å². The van der Waals surface area contributed by atoms with E-state index in [2.05, 4.69) is 28.0 Å². The summed E-state index contributed by atoms with van der Waals surface area (Å²) < 4.78 is 17.3. The van der Waals surface area contributed by atoms with Gasteiger partial charge in [0.2, 0.25) is 0 Å². The van der Waals surface area contributed by atoms with Gasteiger partial charge in [-0.25, -0.2) is 0 Å². The van der Waals surface area contributed by atoms with Crippen LogP contribution in [0.3, 0.4) is 0 Å². The number of rotatable bonds is 7. The van der Waals surface area contributed by atoms with Crippen molar-refractivity contribution in [3.63, 3.8) is 0 Å². The van der Waals surface area contributed by atoms with Crippen molar-refractivity contribution in [1.29, 1.82) is 0 Å². The Morgan fingerprint density at radius 1 is 1.11 bits per heavy atom. The van der Waals surface area contributed by atoms with Crippen molar-refractivity contribution in [2.24, 2.45) is 0 Å². The van der Waals surface area contributed by atoms with Crippen molar-refractivity contribution in [3.05, 3.63) is 23.3 Å². The van der Waals surface area contributed by atoms with E-state index in [1.165, 1.54) is 43.4 Å². The van der Waals surface area contributed by atoms with Gasteiger partial charge in [0.15, 0.2) is 11.5 Å². The summed E-state index contributed by atoms with van der Waals surface area (Å²) in [5.74, 6) is 1.75. The van der Waals surface area contributed by atoms with Crippen LogP contribution in [-0.2, 0) is 4.74 Å². The fourth-order valence-electron chi connectivity index (χ4n) is 4.98.